The molecule has 1 aromatic heterocycles. The average molecular weight is 279 g/mol. The Morgan fingerprint density at radius 2 is 2.06 bits per heavy atom. The second kappa shape index (κ2) is 5.63. The van der Waals surface area contributed by atoms with Gasteiger partial charge >= 0.3 is 0 Å². The number of thioether (sulfide) groups is 1. The molecule has 0 amide bonds. The number of anilines is 1. The summed E-state index contributed by atoms with van der Waals surface area (Å²) in [5.74, 6) is 0.738. The monoisotopic (exact) mass is 278 g/mol. The minimum Gasteiger partial charge on any atom is -0.398 e. The van der Waals surface area contributed by atoms with Crippen LogP contribution >= 0.6 is 23.4 Å². The number of halogens is 1. The maximum absolute atomic E-state index is 6.14. The van der Waals surface area contributed by atoms with Crippen molar-refractivity contribution in [2.24, 2.45) is 0 Å². The molecule has 94 valence electrons. The third kappa shape index (κ3) is 3.18. The van der Waals surface area contributed by atoms with Gasteiger partial charge in [0, 0.05) is 27.7 Å². The SMILES string of the molecule is Cc1cc(C)nc(SCc2c(N)cccc2Cl)c1. The smallest absolute Gasteiger partial charge is 0.0968 e. The molecule has 1 aromatic carbocycles. The number of nitrogen functional groups attached to an aromatic ring is 1. The number of aryl methyl sites for hydroxylation is 2. The van der Waals surface area contributed by atoms with E-state index in [2.05, 4.69) is 24.0 Å². The second-order valence-corrected chi connectivity index (χ2v) is 5.62. The van der Waals surface area contributed by atoms with Crippen molar-refractivity contribution >= 4 is 29.1 Å². The number of pyridine rings is 1. The molecule has 2 N–H and O–H groups in total. The molecule has 0 atom stereocenters. The summed E-state index contributed by atoms with van der Waals surface area (Å²) in [5.41, 5.74) is 9.89. The molecule has 18 heavy (non-hydrogen) atoms. The van der Waals surface area contributed by atoms with Crippen molar-refractivity contribution in [1.82, 2.24) is 4.98 Å². The molecule has 0 aliphatic heterocycles. The number of nitrogens with zero attached hydrogens (tertiary/aromatic N) is 1. The van der Waals surface area contributed by atoms with E-state index in [1.165, 1.54) is 5.56 Å². The van der Waals surface area contributed by atoms with Crippen LogP contribution in [-0.4, -0.2) is 4.98 Å². The van der Waals surface area contributed by atoms with Crippen molar-refractivity contribution in [2.75, 3.05) is 5.73 Å². The molecular weight excluding hydrogens is 264 g/mol. The lowest BCUT2D eigenvalue weighted by molar-refractivity contribution is 1.05. The number of aromatic nitrogens is 1. The fourth-order valence-corrected chi connectivity index (χ4v) is 3.17. The molecule has 0 fully saturated rings. The van der Waals surface area contributed by atoms with Gasteiger partial charge in [0.2, 0.25) is 0 Å². The predicted octanol–water partition coefficient (Wildman–Crippen LogP) is 4.23. The largest absolute Gasteiger partial charge is 0.398 e. The number of benzene rings is 1. The summed E-state index contributed by atoms with van der Waals surface area (Å²) >= 11 is 7.80. The van der Waals surface area contributed by atoms with Crippen LogP contribution in [0, 0.1) is 13.8 Å². The van der Waals surface area contributed by atoms with Crippen LogP contribution < -0.4 is 5.73 Å². The first-order valence-corrected chi connectivity index (χ1v) is 7.03. The summed E-state index contributed by atoms with van der Waals surface area (Å²) in [6.07, 6.45) is 0. The van der Waals surface area contributed by atoms with Gasteiger partial charge in [-0.05, 0) is 43.7 Å². The third-order valence-corrected chi connectivity index (χ3v) is 3.89. The van der Waals surface area contributed by atoms with Crippen molar-refractivity contribution in [1.29, 1.82) is 0 Å². The van der Waals surface area contributed by atoms with Gasteiger partial charge in [-0.15, -0.1) is 11.8 Å². The maximum Gasteiger partial charge on any atom is 0.0968 e. The summed E-state index contributed by atoms with van der Waals surface area (Å²) in [7, 11) is 0. The van der Waals surface area contributed by atoms with Gasteiger partial charge in [0.05, 0.1) is 5.03 Å². The summed E-state index contributed by atoms with van der Waals surface area (Å²) in [6.45, 7) is 4.07. The van der Waals surface area contributed by atoms with E-state index < -0.39 is 0 Å². The molecule has 2 nitrogen and oxygen atoms in total. The summed E-state index contributed by atoms with van der Waals surface area (Å²) in [6, 6.07) is 9.74. The first-order chi connectivity index (χ1) is 8.56. The van der Waals surface area contributed by atoms with Crippen LogP contribution in [0.3, 0.4) is 0 Å². The van der Waals surface area contributed by atoms with E-state index in [9.17, 15) is 0 Å². The highest BCUT2D eigenvalue weighted by molar-refractivity contribution is 7.98. The van der Waals surface area contributed by atoms with Crippen LogP contribution in [0.15, 0.2) is 35.4 Å². The average Bonchev–Trinajstić information content (AvgIpc) is 2.27. The van der Waals surface area contributed by atoms with Crippen molar-refractivity contribution in [3.05, 3.63) is 52.2 Å². The lowest BCUT2D eigenvalue weighted by atomic mass is 10.2. The zero-order chi connectivity index (χ0) is 13.1. The highest BCUT2D eigenvalue weighted by Gasteiger charge is 2.06. The van der Waals surface area contributed by atoms with E-state index in [-0.39, 0.29) is 0 Å². The minimum absolute atomic E-state index is 0.715. The topological polar surface area (TPSA) is 38.9 Å². The molecule has 0 saturated carbocycles. The number of hydrogen-bond donors (Lipinski definition) is 1. The third-order valence-electron chi connectivity index (χ3n) is 2.59. The lowest BCUT2D eigenvalue weighted by Crippen LogP contribution is -1.94. The van der Waals surface area contributed by atoms with Crippen LogP contribution in [0.25, 0.3) is 0 Å². The van der Waals surface area contributed by atoms with Gasteiger partial charge in [-0.3, -0.25) is 0 Å². The van der Waals surface area contributed by atoms with Crippen molar-refractivity contribution < 1.29 is 0 Å². The lowest BCUT2D eigenvalue weighted by Gasteiger charge is -2.08. The summed E-state index contributed by atoms with van der Waals surface area (Å²) in [5, 5.41) is 1.72. The van der Waals surface area contributed by atoms with Crippen molar-refractivity contribution in [3.63, 3.8) is 0 Å². The van der Waals surface area contributed by atoms with E-state index in [1.807, 2.05) is 25.1 Å². The molecule has 0 aliphatic rings. The van der Waals surface area contributed by atoms with Crippen LogP contribution in [0.1, 0.15) is 16.8 Å². The van der Waals surface area contributed by atoms with E-state index in [1.54, 1.807) is 11.8 Å². The molecular formula is C14H15ClN2S. The second-order valence-electron chi connectivity index (χ2n) is 4.22. The van der Waals surface area contributed by atoms with Gasteiger partial charge in [-0.25, -0.2) is 4.98 Å². The quantitative estimate of drug-likeness (QED) is 0.675. The van der Waals surface area contributed by atoms with Gasteiger partial charge < -0.3 is 5.73 Å². The Morgan fingerprint density at radius 3 is 2.72 bits per heavy atom. The summed E-state index contributed by atoms with van der Waals surface area (Å²) in [4.78, 5) is 4.49. The van der Waals surface area contributed by atoms with Gasteiger partial charge in [0.25, 0.3) is 0 Å². The molecule has 4 heteroatoms. The highest BCUT2D eigenvalue weighted by Crippen LogP contribution is 2.29. The Labute approximate surface area is 117 Å². The fraction of sp³-hybridized carbons (Fsp3) is 0.214. The van der Waals surface area contributed by atoms with Gasteiger partial charge in [-0.2, -0.15) is 0 Å². The Morgan fingerprint density at radius 1 is 1.28 bits per heavy atom. The Bertz CT molecular complexity index is 529. The first-order valence-electron chi connectivity index (χ1n) is 5.67. The Hall–Kier alpha value is -1.19. The van der Waals surface area contributed by atoms with E-state index >= 15 is 0 Å². The molecule has 1 heterocycles. The van der Waals surface area contributed by atoms with Crippen LogP contribution in [0.2, 0.25) is 5.02 Å². The summed E-state index contributed by atoms with van der Waals surface area (Å²) < 4.78 is 0. The van der Waals surface area contributed by atoms with Crippen LogP contribution in [-0.2, 0) is 5.75 Å². The molecule has 2 rings (SSSR count). The van der Waals surface area contributed by atoms with E-state index in [0.29, 0.717) is 5.02 Å². The maximum atomic E-state index is 6.14. The molecule has 0 saturated heterocycles. The van der Waals surface area contributed by atoms with Gasteiger partial charge in [0.15, 0.2) is 0 Å². The fourth-order valence-electron chi connectivity index (χ4n) is 1.75. The number of hydrogen-bond acceptors (Lipinski definition) is 3. The molecule has 0 aliphatic carbocycles. The predicted molar refractivity (Wildman–Crippen MR) is 79.1 cm³/mol. The standard InChI is InChI=1S/C14H15ClN2S/c1-9-6-10(2)17-14(7-9)18-8-11-12(15)4-3-5-13(11)16/h3-7H,8,16H2,1-2H3. The highest BCUT2D eigenvalue weighted by atomic mass is 35.5. The first kappa shape index (κ1) is 13.2. The number of nitrogens with two attached hydrogens (primary N) is 1. The van der Waals surface area contributed by atoms with E-state index in [0.717, 1.165) is 27.7 Å². The molecule has 0 spiro atoms. The zero-order valence-electron chi connectivity index (χ0n) is 10.4. The molecule has 0 unspecified atom stereocenters. The van der Waals surface area contributed by atoms with Gasteiger partial charge in [0.1, 0.15) is 0 Å². The Kier molecular flexibility index (Phi) is 4.15. The van der Waals surface area contributed by atoms with Gasteiger partial charge in [-0.1, -0.05) is 17.7 Å². The minimum atomic E-state index is 0.715. The normalized spacial score (nSPS) is 10.6. The van der Waals surface area contributed by atoms with Crippen LogP contribution in [0.4, 0.5) is 5.69 Å². The molecule has 2 aromatic rings. The van der Waals surface area contributed by atoms with Crippen molar-refractivity contribution in [2.45, 2.75) is 24.6 Å². The van der Waals surface area contributed by atoms with E-state index in [4.69, 9.17) is 17.3 Å². The number of rotatable bonds is 3. The molecule has 0 bridgehead atoms. The Balaban J connectivity index is 2.16. The zero-order valence-corrected chi connectivity index (χ0v) is 12.0. The van der Waals surface area contributed by atoms with Crippen LogP contribution in [0.5, 0.6) is 0 Å². The molecule has 0 radical (unpaired) electrons. The van der Waals surface area contributed by atoms with Crippen molar-refractivity contribution in [3.8, 4) is 0 Å².